The van der Waals surface area contributed by atoms with Gasteiger partial charge >= 0.3 is 0 Å². The van der Waals surface area contributed by atoms with Crippen LogP contribution in [0.3, 0.4) is 0 Å². The molecular formula is C15H19N3OS. The molecule has 0 radical (unpaired) electrons. The Balaban J connectivity index is 2.07. The molecule has 0 saturated heterocycles. The lowest BCUT2D eigenvalue weighted by Gasteiger charge is -2.09. The van der Waals surface area contributed by atoms with E-state index in [2.05, 4.69) is 46.5 Å². The Hall–Kier alpha value is -1.75. The molecule has 5 heteroatoms. The number of nitrogens with one attached hydrogen (secondary N) is 2. The summed E-state index contributed by atoms with van der Waals surface area (Å²) in [7, 11) is 0. The molecule has 1 aromatic carbocycles. The van der Waals surface area contributed by atoms with Crippen molar-refractivity contribution in [3.8, 4) is 0 Å². The number of hydrogen-bond donors (Lipinski definition) is 2. The number of aromatic amines is 1. The fraction of sp³-hybridized carbons (Fsp3) is 0.333. The monoisotopic (exact) mass is 289 g/mol. The highest BCUT2D eigenvalue weighted by molar-refractivity contribution is 7.98. The van der Waals surface area contributed by atoms with Crippen LogP contribution in [0.25, 0.3) is 0 Å². The number of H-pyrrole nitrogens is 1. The zero-order chi connectivity index (χ0) is 14.5. The van der Waals surface area contributed by atoms with Crippen LogP contribution in [0.2, 0.25) is 0 Å². The van der Waals surface area contributed by atoms with E-state index in [1.807, 2.05) is 13.8 Å². The van der Waals surface area contributed by atoms with Crippen LogP contribution >= 0.6 is 11.8 Å². The van der Waals surface area contributed by atoms with Gasteiger partial charge in [0.2, 0.25) is 5.95 Å². The van der Waals surface area contributed by atoms with Crippen LogP contribution in [0, 0.1) is 6.92 Å². The number of anilines is 1. The average Bonchev–Trinajstić information content (AvgIpc) is 2.36. The first-order chi connectivity index (χ1) is 9.52. The first kappa shape index (κ1) is 14.7. The van der Waals surface area contributed by atoms with Crippen LogP contribution < -0.4 is 10.9 Å². The third-order valence-corrected chi connectivity index (χ3v) is 3.67. The fourth-order valence-corrected chi connectivity index (χ4v) is 2.51. The van der Waals surface area contributed by atoms with Crippen molar-refractivity contribution in [2.45, 2.75) is 37.5 Å². The molecule has 0 bridgehead atoms. The minimum Gasteiger partial charge on any atom is -0.354 e. The number of thioether (sulfide) groups is 1. The van der Waals surface area contributed by atoms with Crippen LogP contribution in [0.4, 0.5) is 5.95 Å². The Kier molecular flexibility index (Phi) is 4.84. The third kappa shape index (κ3) is 4.42. The predicted molar refractivity (Wildman–Crippen MR) is 84.4 cm³/mol. The topological polar surface area (TPSA) is 57.8 Å². The van der Waals surface area contributed by atoms with E-state index in [0.29, 0.717) is 11.7 Å². The third-order valence-electron chi connectivity index (χ3n) is 2.63. The molecule has 1 aromatic heterocycles. The summed E-state index contributed by atoms with van der Waals surface area (Å²) in [6.07, 6.45) is 0. The van der Waals surface area contributed by atoms with Crippen molar-refractivity contribution < 1.29 is 0 Å². The molecule has 0 aliphatic carbocycles. The van der Waals surface area contributed by atoms with E-state index in [4.69, 9.17) is 0 Å². The summed E-state index contributed by atoms with van der Waals surface area (Å²) in [5, 5.41) is 3.12. The van der Waals surface area contributed by atoms with Crippen molar-refractivity contribution >= 4 is 17.7 Å². The molecule has 0 unspecified atom stereocenters. The van der Waals surface area contributed by atoms with Gasteiger partial charge in [-0.05, 0) is 32.9 Å². The standard InChI is InChI=1S/C15H19N3OS/c1-10(2)16-15-17-12(8-14(19)18-15)9-20-13-6-4-11(3)5-7-13/h4-8,10H,9H2,1-3H3,(H2,16,17,18,19). The molecule has 0 fully saturated rings. The van der Waals surface area contributed by atoms with Crippen LogP contribution in [-0.2, 0) is 5.75 Å². The second-order valence-corrected chi connectivity index (χ2v) is 6.03. The lowest BCUT2D eigenvalue weighted by atomic mass is 10.2. The van der Waals surface area contributed by atoms with Crippen molar-refractivity contribution in [2.75, 3.05) is 5.32 Å². The predicted octanol–water partition coefficient (Wildman–Crippen LogP) is 3.19. The average molecular weight is 289 g/mol. The van der Waals surface area contributed by atoms with Gasteiger partial charge in [0.25, 0.3) is 5.56 Å². The summed E-state index contributed by atoms with van der Waals surface area (Å²) < 4.78 is 0. The van der Waals surface area contributed by atoms with Crippen molar-refractivity contribution in [3.05, 3.63) is 51.9 Å². The van der Waals surface area contributed by atoms with Gasteiger partial charge in [-0.15, -0.1) is 11.8 Å². The van der Waals surface area contributed by atoms with Gasteiger partial charge in [0.05, 0.1) is 5.69 Å². The van der Waals surface area contributed by atoms with Gasteiger partial charge in [-0.25, -0.2) is 4.98 Å². The van der Waals surface area contributed by atoms with Crippen LogP contribution in [-0.4, -0.2) is 16.0 Å². The van der Waals surface area contributed by atoms with Gasteiger partial charge < -0.3 is 5.32 Å². The lowest BCUT2D eigenvalue weighted by Crippen LogP contribution is -2.18. The Morgan fingerprint density at radius 3 is 2.65 bits per heavy atom. The van der Waals surface area contributed by atoms with E-state index in [9.17, 15) is 4.79 Å². The number of rotatable bonds is 5. The minimum absolute atomic E-state index is 0.123. The number of aromatic nitrogens is 2. The second kappa shape index (κ2) is 6.61. The minimum atomic E-state index is -0.123. The van der Waals surface area contributed by atoms with Gasteiger partial charge in [-0.1, -0.05) is 17.7 Å². The first-order valence-electron chi connectivity index (χ1n) is 6.59. The van der Waals surface area contributed by atoms with E-state index >= 15 is 0 Å². The summed E-state index contributed by atoms with van der Waals surface area (Å²) in [6.45, 7) is 6.08. The number of nitrogens with zero attached hydrogens (tertiary/aromatic N) is 1. The zero-order valence-corrected chi connectivity index (χ0v) is 12.8. The van der Waals surface area contributed by atoms with Gasteiger partial charge in [-0.3, -0.25) is 9.78 Å². The SMILES string of the molecule is Cc1ccc(SCc2cc(=O)[nH]c(NC(C)C)n2)cc1. The highest BCUT2D eigenvalue weighted by Gasteiger charge is 2.03. The van der Waals surface area contributed by atoms with Crippen molar-refractivity contribution in [1.82, 2.24) is 9.97 Å². The van der Waals surface area contributed by atoms with Gasteiger partial charge in [-0.2, -0.15) is 0 Å². The highest BCUT2D eigenvalue weighted by atomic mass is 32.2. The molecule has 20 heavy (non-hydrogen) atoms. The Morgan fingerprint density at radius 2 is 2.00 bits per heavy atom. The maximum atomic E-state index is 11.6. The number of aryl methyl sites for hydroxylation is 1. The molecule has 0 aliphatic heterocycles. The normalized spacial score (nSPS) is 10.8. The smallest absolute Gasteiger partial charge is 0.252 e. The zero-order valence-electron chi connectivity index (χ0n) is 11.9. The maximum Gasteiger partial charge on any atom is 0.252 e. The van der Waals surface area contributed by atoms with E-state index in [1.54, 1.807) is 17.8 Å². The summed E-state index contributed by atoms with van der Waals surface area (Å²) in [5.74, 6) is 1.21. The molecule has 2 N–H and O–H groups in total. The number of benzene rings is 1. The van der Waals surface area contributed by atoms with Crippen molar-refractivity contribution in [1.29, 1.82) is 0 Å². The van der Waals surface area contributed by atoms with Crippen LogP contribution in [0.1, 0.15) is 25.1 Å². The Bertz CT molecular complexity index is 620. The summed E-state index contributed by atoms with van der Waals surface area (Å²) in [6, 6.07) is 10.1. The quantitative estimate of drug-likeness (QED) is 0.830. The summed E-state index contributed by atoms with van der Waals surface area (Å²) >= 11 is 1.68. The Labute approximate surface area is 123 Å². The van der Waals surface area contributed by atoms with Gasteiger partial charge in [0.1, 0.15) is 0 Å². The number of hydrogen-bond acceptors (Lipinski definition) is 4. The molecule has 4 nitrogen and oxygen atoms in total. The Morgan fingerprint density at radius 1 is 1.30 bits per heavy atom. The van der Waals surface area contributed by atoms with Crippen LogP contribution in [0.5, 0.6) is 0 Å². The molecule has 0 amide bonds. The summed E-state index contributed by atoms with van der Waals surface area (Å²) in [4.78, 5) is 19.9. The fourth-order valence-electron chi connectivity index (χ4n) is 1.72. The van der Waals surface area contributed by atoms with Crippen LogP contribution in [0.15, 0.2) is 40.0 Å². The molecular weight excluding hydrogens is 270 g/mol. The molecule has 0 saturated carbocycles. The maximum absolute atomic E-state index is 11.6. The molecule has 0 atom stereocenters. The molecule has 2 rings (SSSR count). The van der Waals surface area contributed by atoms with Crippen molar-refractivity contribution in [3.63, 3.8) is 0 Å². The largest absolute Gasteiger partial charge is 0.354 e. The van der Waals surface area contributed by atoms with E-state index in [0.717, 1.165) is 5.69 Å². The molecule has 0 spiro atoms. The van der Waals surface area contributed by atoms with Gasteiger partial charge in [0.15, 0.2) is 0 Å². The first-order valence-corrected chi connectivity index (χ1v) is 7.58. The van der Waals surface area contributed by atoms with E-state index in [1.165, 1.54) is 10.5 Å². The molecule has 1 heterocycles. The molecule has 2 aromatic rings. The van der Waals surface area contributed by atoms with Crippen molar-refractivity contribution in [2.24, 2.45) is 0 Å². The second-order valence-electron chi connectivity index (χ2n) is 4.99. The molecule has 106 valence electrons. The van der Waals surface area contributed by atoms with E-state index < -0.39 is 0 Å². The lowest BCUT2D eigenvalue weighted by molar-refractivity contribution is 0.865. The molecule has 0 aliphatic rings. The highest BCUT2D eigenvalue weighted by Crippen LogP contribution is 2.22. The van der Waals surface area contributed by atoms with Gasteiger partial charge in [0, 0.05) is 22.8 Å². The summed E-state index contributed by atoms with van der Waals surface area (Å²) in [5.41, 5.74) is 1.90. The van der Waals surface area contributed by atoms with E-state index in [-0.39, 0.29) is 11.6 Å².